The van der Waals surface area contributed by atoms with E-state index < -0.39 is 17.8 Å². The monoisotopic (exact) mass is 216 g/mol. The molecule has 15 heavy (non-hydrogen) atoms. The molecule has 1 nitrogen and oxygen atoms in total. The Morgan fingerprint density at radius 3 is 2.07 bits per heavy atom. The van der Waals surface area contributed by atoms with Crippen LogP contribution in [0, 0.1) is 5.92 Å². The van der Waals surface area contributed by atoms with Crippen molar-refractivity contribution in [3.05, 3.63) is 35.4 Å². The molecule has 0 heterocycles. The van der Waals surface area contributed by atoms with Crippen LogP contribution in [0.1, 0.15) is 30.1 Å². The molecule has 0 aromatic heterocycles. The van der Waals surface area contributed by atoms with E-state index in [1.807, 2.05) is 0 Å². The first-order valence-corrected chi connectivity index (χ1v) is 4.84. The Hall–Kier alpha value is -1.03. The van der Waals surface area contributed by atoms with Gasteiger partial charge in [0, 0.05) is 0 Å². The van der Waals surface area contributed by atoms with Crippen molar-refractivity contribution >= 4 is 0 Å². The fraction of sp³-hybridized carbons (Fsp3) is 0.455. The van der Waals surface area contributed by atoms with E-state index in [-0.39, 0.29) is 5.92 Å². The van der Waals surface area contributed by atoms with Gasteiger partial charge in [-0.2, -0.15) is 13.2 Å². The van der Waals surface area contributed by atoms with E-state index in [1.54, 1.807) is 0 Å². The van der Waals surface area contributed by atoms with Gasteiger partial charge in [0.1, 0.15) is 0 Å². The number of rotatable bonds is 2. The Morgan fingerprint density at radius 1 is 1.13 bits per heavy atom. The summed E-state index contributed by atoms with van der Waals surface area (Å²) in [7, 11) is 0. The fourth-order valence-corrected chi connectivity index (χ4v) is 1.55. The standard InChI is InChI=1S/C11H11F3O/c12-11(13,14)9-5-3-8(4-6-9)10(15)7-1-2-7/h3-7,10,15H,1-2H2. The lowest BCUT2D eigenvalue weighted by atomic mass is 10.0. The van der Waals surface area contributed by atoms with Gasteiger partial charge in [-0.3, -0.25) is 0 Å². The van der Waals surface area contributed by atoms with Crippen molar-refractivity contribution in [1.29, 1.82) is 0 Å². The second-order valence-corrected chi connectivity index (χ2v) is 3.90. The highest BCUT2D eigenvalue weighted by atomic mass is 19.4. The molecule has 1 saturated carbocycles. The first-order valence-electron chi connectivity index (χ1n) is 4.84. The van der Waals surface area contributed by atoms with Crippen molar-refractivity contribution < 1.29 is 18.3 Å². The summed E-state index contributed by atoms with van der Waals surface area (Å²) in [5.74, 6) is 0.238. The summed E-state index contributed by atoms with van der Waals surface area (Å²) in [6.07, 6.45) is -2.99. The van der Waals surface area contributed by atoms with Crippen LogP contribution in [0.3, 0.4) is 0 Å². The van der Waals surface area contributed by atoms with Gasteiger partial charge in [0.15, 0.2) is 0 Å². The highest BCUT2D eigenvalue weighted by molar-refractivity contribution is 5.26. The third-order valence-electron chi connectivity index (χ3n) is 2.65. The van der Waals surface area contributed by atoms with E-state index in [2.05, 4.69) is 0 Å². The van der Waals surface area contributed by atoms with Gasteiger partial charge in [-0.1, -0.05) is 12.1 Å². The molecular weight excluding hydrogens is 205 g/mol. The maximum absolute atomic E-state index is 12.2. The predicted molar refractivity (Wildman–Crippen MR) is 49.1 cm³/mol. The Labute approximate surface area is 85.5 Å². The molecule has 82 valence electrons. The summed E-state index contributed by atoms with van der Waals surface area (Å²) in [5, 5.41) is 9.67. The molecule has 0 amide bonds. The average Bonchev–Trinajstić information content (AvgIpc) is 2.99. The van der Waals surface area contributed by atoms with Crippen molar-refractivity contribution in [2.75, 3.05) is 0 Å². The lowest BCUT2D eigenvalue weighted by molar-refractivity contribution is -0.137. The minimum absolute atomic E-state index is 0.238. The van der Waals surface area contributed by atoms with Crippen LogP contribution in [0.25, 0.3) is 0 Å². The molecular formula is C11H11F3O. The van der Waals surface area contributed by atoms with Crippen LogP contribution in [0.2, 0.25) is 0 Å². The van der Waals surface area contributed by atoms with E-state index >= 15 is 0 Å². The summed E-state index contributed by atoms with van der Waals surface area (Å²) in [6.45, 7) is 0. The topological polar surface area (TPSA) is 20.2 Å². The van der Waals surface area contributed by atoms with Gasteiger partial charge in [-0.25, -0.2) is 0 Å². The van der Waals surface area contributed by atoms with Gasteiger partial charge in [0.05, 0.1) is 11.7 Å². The van der Waals surface area contributed by atoms with Crippen molar-refractivity contribution in [1.82, 2.24) is 0 Å². The molecule has 1 aliphatic rings. The normalized spacial score (nSPS) is 18.9. The van der Waals surface area contributed by atoms with Crippen molar-refractivity contribution in [3.8, 4) is 0 Å². The number of alkyl halides is 3. The first-order chi connectivity index (χ1) is 6.98. The molecule has 1 aliphatic carbocycles. The molecule has 1 atom stereocenters. The summed E-state index contributed by atoms with van der Waals surface area (Å²) in [6, 6.07) is 4.74. The SMILES string of the molecule is OC(c1ccc(C(F)(F)F)cc1)C1CC1. The number of aliphatic hydroxyl groups is 1. The molecule has 0 saturated heterocycles. The second-order valence-electron chi connectivity index (χ2n) is 3.90. The third kappa shape index (κ3) is 2.31. The van der Waals surface area contributed by atoms with Crippen LogP contribution in [0.15, 0.2) is 24.3 Å². The zero-order valence-corrected chi connectivity index (χ0v) is 7.96. The molecule has 0 radical (unpaired) electrons. The molecule has 2 rings (SSSR count). The molecule has 0 spiro atoms. The lowest BCUT2D eigenvalue weighted by Gasteiger charge is -2.11. The number of hydrogen-bond donors (Lipinski definition) is 1. The van der Waals surface area contributed by atoms with Gasteiger partial charge < -0.3 is 5.11 Å². The Bertz CT molecular complexity index is 338. The highest BCUT2D eigenvalue weighted by Gasteiger charge is 2.33. The minimum Gasteiger partial charge on any atom is -0.388 e. The van der Waals surface area contributed by atoms with E-state index in [0.29, 0.717) is 5.56 Å². The Kier molecular flexibility index (Phi) is 2.46. The zero-order valence-electron chi connectivity index (χ0n) is 7.96. The van der Waals surface area contributed by atoms with E-state index in [4.69, 9.17) is 0 Å². The van der Waals surface area contributed by atoms with E-state index in [1.165, 1.54) is 12.1 Å². The van der Waals surface area contributed by atoms with Crippen molar-refractivity contribution in [2.45, 2.75) is 25.1 Å². The van der Waals surface area contributed by atoms with Gasteiger partial charge in [0.25, 0.3) is 0 Å². The lowest BCUT2D eigenvalue weighted by Crippen LogP contribution is -2.06. The van der Waals surface area contributed by atoms with Crippen LogP contribution < -0.4 is 0 Å². The summed E-state index contributed by atoms with van der Waals surface area (Å²) >= 11 is 0. The zero-order chi connectivity index (χ0) is 11.1. The number of benzene rings is 1. The van der Waals surface area contributed by atoms with Crippen LogP contribution in [-0.4, -0.2) is 5.11 Å². The molecule has 0 aliphatic heterocycles. The maximum Gasteiger partial charge on any atom is 0.416 e. The first kappa shape index (κ1) is 10.5. The summed E-state index contributed by atoms with van der Waals surface area (Å²) < 4.78 is 36.7. The molecule has 4 heteroatoms. The van der Waals surface area contributed by atoms with Gasteiger partial charge in [-0.15, -0.1) is 0 Å². The third-order valence-corrected chi connectivity index (χ3v) is 2.65. The van der Waals surface area contributed by atoms with Crippen molar-refractivity contribution in [3.63, 3.8) is 0 Å². The highest BCUT2D eigenvalue weighted by Crippen LogP contribution is 2.41. The minimum atomic E-state index is -4.30. The number of aliphatic hydroxyl groups excluding tert-OH is 1. The average molecular weight is 216 g/mol. The number of halogens is 3. The molecule has 1 N–H and O–H groups in total. The molecule has 1 unspecified atom stereocenters. The Morgan fingerprint density at radius 2 is 1.67 bits per heavy atom. The predicted octanol–water partition coefficient (Wildman–Crippen LogP) is 3.15. The smallest absolute Gasteiger partial charge is 0.388 e. The van der Waals surface area contributed by atoms with Crippen LogP contribution >= 0.6 is 0 Å². The van der Waals surface area contributed by atoms with Crippen LogP contribution in [-0.2, 0) is 6.18 Å². The van der Waals surface area contributed by atoms with Crippen LogP contribution in [0.4, 0.5) is 13.2 Å². The van der Waals surface area contributed by atoms with E-state index in [0.717, 1.165) is 25.0 Å². The fourth-order valence-electron chi connectivity index (χ4n) is 1.55. The number of hydrogen-bond acceptors (Lipinski definition) is 1. The van der Waals surface area contributed by atoms with Gasteiger partial charge >= 0.3 is 6.18 Å². The maximum atomic E-state index is 12.2. The Balaban J connectivity index is 2.16. The van der Waals surface area contributed by atoms with Gasteiger partial charge in [0.2, 0.25) is 0 Å². The largest absolute Gasteiger partial charge is 0.416 e. The summed E-state index contributed by atoms with van der Waals surface area (Å²) in [4.78, 5) is 0. The molecule has 1 fully saturated rings. The molecule has 0 bridgehead atoms. The second kappa shape index (κ2) is 3.52. The van der Waals surface area contributed by atoms with Crippen LogP contribution in [0.5, 0.6) is 0 Å². The quantitative estimate of drug-likeness (QED) is 0.805. The van der Waals surface area contributed by atoms with E-state index in [9.17, 15) is 18.3 Å². The van der Waals surface area contributed by atoms with Crippen molar-refractivity contribution in [2.24, 2.45) is 5.92 Å². The molecule has 1 aromatic rings. The molecule has 1 aromatic carbocycles. The van der Waals surface area contributed by atoms with Gasteiger partial charge in [-0.05, 0) is 36.5 Å². The summed E-state index contributed by atoms with van der Waals surface area (Å²) in [5.41, 5.74) is -0.0975.